The average Bonchev–Trinajstić information content (AvgIpc) is 2.25. The van der Waals surface area contributed by atoms with E-state index in [-0.39, 0.29) is 0 Å². The van der Waals surface area contributed by atoms with Gasteiger partial charge in [-0.15, -0.1) is 0 Å². The summed E-state index contributed by atoms with van der Waals surface area (Å²) < 4.78 is 0. The van der Waals surface area contributed by atoms with Gasteiger partial charge in [0.15, 0.2) is 11.5 Å². The van der Waals surface area contributed by atoms with E-state index in [9.17, 15) is 0 Å². The maximum absolute atomic E-state index is 9.00. The smallest absolute Gasteiger partial charge is 0.183 e. The Kier molecular flexibility index (Phi) is 4.24. The summed E-state index contributed by atoms with van der Waals surface area (Å²) >= 11 is 0. The Bertz CT molecular complexity index is 379. The number of nitriles is 1. The lowest BCUT2D eigenvalue weighted by Gasteiger charge is -2.29. The molecule has 0 aliphatic heterocycles. The van der Waals surface area contributed by atoms with Crippen LogP contribution in [0, 0.1) is 17.2 Å². The quantitative estimate of drug-likeness (QED) is 0.777. The summed E-state index contributed by atoms with van der Waals surface area (Å²) in [5, 5.41) is 9.00. The fourth-order valence-corrected chi connectivity index (χ4v) is 1.55. The lowest BCUT2D eigenvalue weighted by molar-refractivity contribution is 0.565. The van der Waals surface area contributed by atoms with Gasteiger partial charge >= 0.3 is 0 Å². The summed E-state index contributed by atoms with van der Waals surface area (Å²) in [6.45, 7) is 9.37. The van der Waals surface area contributed by atoms with Crippen LogP contribution < -0.4 is 4.90 Å². The Hall–Kier alpha value is -1.63. The van der Waals surface area contributed by atoms with Crippen molar-refractivity contribution in [3.63, 3.8) is 0 Å². The largest absolute Gasteiger partial charge is 0.352 e. The van der Waals surface area contributed by atoms with Crippen molar-refractivity contribution in [2.24, 2.45) is 5.92 Å². The Morgan fingerprint density at radius 3 is 2.38 bits per heavy atom. The molecule has 0 saturated heterocycles. The SMILES string of the molecule is CC(C)CN(c1nccnc1C#N)C(C)C. The van der Waals surface area contributed by atoms with E-state index < -0.39 is 0 Å². The molecule has 86 valence electrons. The molecule has 4 nitrogen and oxygen atoms in total. The Labute approximate surface area is 96.9 Å². The molecular weight excluding hydrogens is 200 g/mol. The van der Waals surface area contributed by atoms with Crippen molar-refractivity contribution < 1.29 is 0 Å². The summed E-state index contributed by atoms with van der Waals surface area (Å²) in [6, 6.07) is 2.40. The first-order valence-electron chi connectivity index (χ1n) is 5.54. The maximum atomic E-state index is 9.00. The van der Waals surface area contributed by atoms with Gasteiger partial charge in [0, 0.05) is 25.0 Å². The zero-order chi connectivity index (χ0) is 12.1. The normalized spacial score (nSPS) is 10.6. The van der Waals surface area contributed by atoms with Gasteiger partial charge in [-0.05, 0) is 19.8 Å². The van der Waals surface area contributed by atoms with Gasteiger partial charge in [0.25, 0.3) is 0 Å². The third-order valence-corrected chi connectivity index (χ3v) is 2.24. The predicted octanol–water partition coefficient (Wildman–Crippen LogP) is 2.22. The second kappa shape index (κ2) is 5.45. The third-order valence-electron chi connectivity index (χ3n) is 2.24. The molecule has 0 radical (unpaired) electrons. The first-order chi connectivity index (χ1) is 7.56. The second-order valence-electron chi connectivity index (χ2n) is 4.48. The van der Waals surface area contributed by atoms with Gasteiger partial charge in [-0.1, -0.05) is 13.8 Å². The molecule has 0 fully saturated rings. The van der Waals surface area contributed by atoms with Crippen LogP contribution in [-0.2, 0) is 0 Å². The summed E-state index contributed by atoms with van der Waals surface area (Å²) in [4.78, 5) is 10.4. The van der Waals surface area contributed by atoms with E-state index in [4.69, 9.17) is 5.26 Å². The van der Waals surface area contributed by atoms with E-state index in [1.165, 1.54) is 0 Å². The summed E-state index contributed by atoms with van der Waals surface area (Å²) in [6.07, 6.45) is 3.18. The van der Waals surface area contributed by atoms with Crippen LogP contribution in [0.25, 0.3) is 0 Å². The van der Waals surface area contributed by atoms with Crippen LogP contribution >= 0.6 is 0 Å². The second-order valence-corrected chi connectivity index (χ2v) is 4.48. The van der Waals surface area contributed by atoms with Gasteiger partial charge in [0.1, 0.15) is 6.07 Å². The number of nitrogens with zero attached hydrogens (tertiary/aromatic N) is 4. The molecular formula is C12H18N4. The van der Waals surface area contributed by atoms with E-state index in [2.05, 4.69) is 48.6 Å². The van der Waals surface area contributed by atoms with E-state index >= 15 is 0 Å². The average molecular weight is 218 g/mol. The summed E-state index contributed by atoms with van der Waals surface area (Å²) in [7, 11) is 0. The zero-order valence-corrected chi connectivity index (χ0v) is 10.3. The fourth-order valence-electron chi connectivity index (χ4n) is 1.55. The standard InChI is InChI=1S/C12H18N4/c1-9(2)8-16(10(3)4)12-11(7-13)14-5-6-15-12/h5-6,9-10H,8H2,1-4H3. The first-order valence-corrected chi connectivity index (χ1v) is 5.54. The highest BCUT2D eigenvalue weighted by molar-refractivity contribution is 5.50. The molecule has 0 N–H and O–H groups in total. The monoisotopic (exact) mass is 218 g/mol. The Morgan fingerprint density at radius 1 is 1.25 bits per heavy atom. The van der Waals surface area contributed by atoms with Gasteiger partial charge in [-0.2, -0.15) is 5.26 Å². The van der Waals surface area contributed by atoms with Gasteiger partial charge in [-0.25, -0.2) is 9.97 Å². The molecule has 0 aliphatic carbocycles. The van der Waals surface area contributed by atoms with Crippen molar-refractivity contribution in [1.82, 2.24) is 9.97 Å². The van der Waals surface area contributed by atoms with E-state index in [0.717, 1.165) is 6.54 Å². The van der Waals surface area contributed by atoms with Crippen molar-refractivity contribution in [2.45, 2.75) is 33.7 Å². The number of hydrogen-bond donors (Lipinski definition) is 0. The molecule has 1 heterocycles. The number of hydrogen-bond acceptors (Lipinski definition) is 4. The van der Waals surface area contributed by atoms with Crippen molar-refractivity contribution in [1.29, 1.82) is 5.26 Å². The first kappa shape index (κ1) is 12.4. The molecule has 1 aromatic heterocycles. The van der Waals surface area contributed by atoms with Gasteiger partial charge in [0.2, 0.25) is 0 Å². The van der Waals surface area contributed by atoms with Crippen molar-refractivity contribution in [2.75, 3.05) is 11.4 Å². The zero-order valence-electron chi connectivity index (χ0n) is 10.3. The van der Waals surface area contributed by atoms with Crippen LogP contribution in [0.4, 0.5) is 5.82 Å². The molecule has 4 heteroatoms. The lowest BCUT2D eigenvalue weighted by atomic mass is 10.1. The summed E-state index contributed by atoms with van der Waals surface area (Å²) in [5.74, 6) is 1.21. The molecule has 0 aliphatic rings. The van der Waals surface area contributed by atoms with Crippen molar-refractivity contribution >= 4 is 5.82 Å². The van der Waals surface area contributed by atoms with Crippen molar-refractivity contribution in [3.8, 4) is 6.07 Å². The van der Waals surface area contributed by atoms with Crippen molar-refractivity contribution in [3.05, 3.63) is 18.1 Å². The van der Waals surface area contributed by atoms with E-state index in [1.807, 2.05) is 0 Å². The van der Waals surface area contributed by atoms with Crippen LogP contribution in [0.3, 0.4) is 0 Å². The number of rotatable bonds is 4. The molecule has 0 atom stereocenters. The number of aromatic nitrogens is 2. The minimum atomic E-state index is 0.311. The molecule has 0 amide bonds. The fraction of sp³-hybridized carbons (Fsp3) is 0.583. The Morgan fingerprint density at radius 2 is 1.88 bits per heavy atom. The molecule has 0 bridgehead atoms. The molecule has 1 aromatic rings. The molecule has 0 aromatic carbocycles. The van der Waals surface area contributed by atoms with Crippen LogP contribution in [0.5, 0.6) is 0 Å². The van der Waals surface area contributed by atoms with E-state index in [1.54, 1.807) is 12.4 Å². The van der Waals surface area contributed by atoms with Gasteiger partial charge < -0.3 is 4.90 Å². The highest BCUT2D eigenvalue weighted by Gasteiger charge is 2.17. The van der Waals surface area contributed by atoms with Crippen LogP contribution in [0.15, 0.2) is 12.4 Å². The topological polar surface area (TPSA) is 52.8 Å². The van der Waals surface area contributed by atoms with Crippen LogP contribution in [0.2, 0.25) is 0 Å². The molecule has 0 saturated carbocycles. The van der Waals surface area contributed by atoms with E-state index in [0.29, 0.717) is 23.5 Å². The third kappa shape index (κ3) is 2.93. The predicted molar refractivity (Wildman–Crippen MR) is 64.1 cm³/mol. The minimum Gasteiger partial charge on any atom is -0.352 e. The molecule has 0 unspecified atom stereocenters. The van der Waals surface area contributed by atoms with Crippen LogP contribution in [-0.4, -0.2) is 22.6 Å². The minimum absolute atomic E-state index is 0.311. The maximum Gasteiger partial charge on any atom is 0.183 e. The van der Waals surface area contributed by atoms with Crippen LogP contribution in [0.1, 0.15) is 33.4 Å². The van der Waals surface area contributed by atoms with Gasteiger partial charge in [0.05, 0.1) is 0 Å². The number of anilines is 1. The lowest BCUT2D eigenvalue weighted by Crippen LogP contribution is -2.35. The highest BCUT2D eigenvalue weighted by atomic mass is 15.2. The molecule has 1 rings (SSSR count). The Balaban J connectivity index is 3.06. The highest BCUT2D eigenvalue weighted by Crippen LogP contribution is 2.18. The molecule has 16 heavy (non-hydrogen) atoms. The molecule has 0 spiro atoms. The summed E-state index contributed by atoms with van der Waals surface area (Å²) in [5.41, 5.74) is 0.400. The van der Waals surface area contributed by atoms with Gasteiger partial charge in [-0.3, -0.25) is 0 Å².